The van der Waals surface area contributed by atoms with Crippen molar-refractivity contribution in [1.82, 2.24) is 20.5 Å². The number of benzene rings is 1. The van der Waals surface area contributed by atoms with Gasteiger partial charge in [-0.05, 0) is 31.9 Å². The molecule has 0 radical (unpaired) electrons. The Labute approximate surface area is 172 Å². The summed E-state index contributed by atoms with van der Waals surface area (Å²) in [7, 11) is 0. The number of nitrogens with zero attached hydrogens (tertiary/aromatic N) is 3. The lowest BCUT2D eigenvalue weighted by atomic mass is 10.1. The van der Waals surface area contributed by atoms with Gasteiger partial charge in [0.25, 0.3) is 0 Å². The molecule has 7 heteroatoms. The zero-order chi connectivity index (χ0) is 19.8. The topological polar surface area (TPSA) is 61.8 Å². The molecular weight excluding hydrogens is 370 g/mol. The van der Waals surface area contributed by atoms with Crippen LogP contribution in [0.2, 0.25) is 0 Å². The zero-order valence-corrected chi connectivity index (χ0v) is 17.9. The SMILES string of the molecule is CCNC(=NCc1cccc(CN2CCOCC2)c1)NCc1sc(C)nc1C. The number of aliphatic imine (C=N–C) groups is 1. The van der Waals surface area contributed by atoms with Crippen LogP contribution in [0, 0.1) is 13.8 Å². The van der Waals surface area contributed by atoms with Crippen molar-refractivity contribution in [1.29, 1.82) is 0 Å². The van der Waals surface area contributed by atoms with Crippen LogP contribution in [0.5, 0.6) is 0 Å². The molecule has 0 bridgehead atoms. The Morgan fingerprint density at radius 3 is 2.71 bits per heavy atom. The van der Waals surface area contributed by atoms with E-state index in [4.69, 9.17) is 9.73 Å². The van der Waals surface area contributed by atoms with Gasteiger partial charge < -0.3 is 15.4 Å². The van der Waals surface area contributed by atoms with Crippen molar-refractivity contribution in [2.45, 2.75) is 40.4 Å². The maximum absolute atomic E-state index is 5.44. The van der Waals surface area contributed by atoms with E-state index in [2.05, 4.69) is 58.6 Å². The summed E-state index contributed by atoms with van der Waals surface area (Å²) in [5.41, 5.74) is 3.66. The first kappa shape index (κ1) is 20.8. The Morgan fingerprint density at radius 2 is 2.00 bits per heavy atom. The molecule has 0 amide bonds. The summed E-state index contributed by atoms with van der Waals surface area (Å²) in [4.78, 5) is 13.0. The van der Waals surface area contributed by atoms with E-state index >= 15 is 0 Å². The maximum atomic E-state index is 5.44. The van der Waals surface area contributed by atoms with E-state index in [1.165, 1.54) is 16.0 Å². The third-order valence-corrected chi connectivity index (χ3v) is 5.75. The van der Waals surface area contributed by atoms with Crippen LogP contribution in [-0.4, -0.2) is 48.7 Å². The number of hydrogen-bond acceptors (Lipinski definition) is 5. The van der Waals surface area contributed by atoms with E-state index < -0.39 is 0 Å². The van der Waals surface area contributed by atoms with Gasteiger partial charge in [-0.25, -0.2) is 9.98 Å². The molecule has 1 saturated heterocycles. The van der Waals surface area contributed by atoms with Crippen LogP contribution in [0.1, 0.15) is 33.6 Å². The van der Waals surface area contributed by atoms with Crippen molar-refractivity contribution < 1.29 is 4.74 Å². The quantitative estimate of drug-likeness (QED) is 0.552. The highest BCUT2D eigenvalue weighted by Gasteiger charge is 2.11. The first-order valence-electron chi connectivity index (χ1n) is 9.97. The van der Waals surface area contributed by atoms with E-state index in [9.17, 15) is 0 Å². The standard InChI is InChI=1S/C21H31N5OS/c1-4-22-21(24-14-20-16(2)25-17(3)28-20)23-13-18-6-5-7-19(12-18)15-26-8-10-27-11-9-26/h5-7,12H,4,8-11,13-15H2,1-3H3,(H2,22,23,24). The second-order valence-electron chi connectivity index (χ2n) is 7.00. The second-order valence-corrected chi connectivity index (χ2v) is 8.29. The van der Waals surface area contributed by atoms with Crippen LogP contribution >= 0.6 is 11.3 Å². The summed E-state index contributed by atoms with van der Waals surface area (Å²) in [6, 6.07) is 8.73. The number of aryl methyl sites for hydroxylation is 2. The molecule has 152 valence electrons. The number of thiazole rings is 1. The van der Waals surface area contributed by atoms with Gasteiger partial charge in [0.2, 0.25) is 0 Å². The van der Waals surface area contributed by atoms with Gasteiger partial charge in [-0.15, -0.1) is 11.3 Å². The molecule has 0 atom stereocenters. The molecular formula is C21H31N5OS. The van der Waals surface area contributed by atoms with E-state index in [0.717, 1.165) is 62.6 Å². The van der Waals surface area contributed by atoms with Gasteiger partial charge in [0.05, 0.1) is 37.0 Å². The summed E-state index contributed by atoms with van der Waals surface area (Å²) in [5, 5.41) is 7.86. The van der Waals surface area contributed by atoms with Crippen LogP contribution in [-0.2, 0) is 24.4 Å². The molecule has 0 spiro atoms. The molecule has 2 aromatic rings. The lowest BCUT2D eigenvalue weighted by Crippen LogP contribution is -2.36. The number of hydrogen-bond donors (Lipinski definition) is 2. The van der Waals surface area contributed by atoms with Crippen LogP contribution < -0.4 is 10.6 Å². The van der Waals surface area contributed by atoms with Gasteiger partial charge in [0.1, 0.15) is 0 Å². The lowest BCUT2D eigenvalue weighted by molar-refractivity contribution is 0.0342. The molecule has 1 aromatic carbocycles. The van der Waals surface area contributed by atoms with Gasteiger partial charge in [-0.3, -0.25) is 4.90 Å². The number of aromatic nitrogens is 1. The fraction of sp³-hybridized carbons (Fsp3) is 0.524. The van der Waals surface area contributed by atoms with Crippen molar-refractivity contribution in [3.8, 4) is 0 Å². The minimum atomic E-state index is 0.660. The number of ether oxygens (including phenoxy) is 1. The minimum Gasteiger partial charge on any atom is -0.379 e. The Bertz CT molecular complexity index is 783. The number of rotatable bonds is 7. The highest BCUT2D eigenvalue weighted by molar-refractivity contribution is 7.11. The summed E-state index contributed by atoms with van der Waals surface area (Å²) < 4.78 is 5.44. The lowest BCUT2D eigenvalue weighted by Gasteiger charge is -2.26. The molecule has 28 heavy (non-hydrogen) atoms. The molecule has 3 rings (SSSR count). The summed E-state index contributed by atoms with van der Waals surface area (Å²) in [6.45, 7) is 13.1. The van der Waals surface area contributed by atoms with Crippen molar-refractivity contribution in [3.05, 3.63) is 51.0 Å². The van der Waals surface area contributed by atoms with Crippen molar-refractivity contribution in [3.63, 3.8) is 0 Å². The monoisotopic (exact) mass is 401 g/mol. The number of morpholine rings is 1. The molecule has 1 aliphatic rings. The molecule has 1 aromatic heterocycles. The van der Waals surface area contributed by atoms with Crippen LogP contribution in [0.15, 0.2) is 29.3 Å². The fourth-order valence-electron chi connectivity index (χ4n) is 3.26. The van der Waals surface area contributed by atoms with E-state index in [1.54, 1.807) is 11.3 Å². The highest BCUT2D eigenvalue weighted by Crippen LogP contribution is 2.16. The molecule has 2 heterocycles. The molecule has 1 fully saturated rings. The Morgan fingerprint density at radius 1 is 1.21 bits per heavy atom. The Balaban J connectivity index is 1.58. The molecule has 0 aliphatic carbocycles. The van der Waals surface area contributed by atoms with E-state index in [0.29, 0.717) is 6.54 Å². The van der Waals surface area contributed by atoms with Crippen molar-refractivity contribution in [2.75, 3.05) is 32.8 Å². The smallest absolute Gasteiger partial charge is 0.191 e. The van der Waals surface area contributed by atoms with Crippen LogP contribution in [0.25, 0.3) is 0 Å². The largest absolute Gasteiger partial charge is 0.379 e. The summed E-state index contributed by atoms with van der Waals surface area (Å²) in [5.74, 6) is 0.839. The third-order valence-electron chi connectivity index (χ3n) is 4.68. The van der Waals surface area contributed by atoms with Gasteiger partial charge in [-0.2, -0.15) is 0 Å². The molecule has 0 saturated carbocycles. The van der Waals surface area contributed by atoms with Crippen LogP contribution in [0.3, 0.4) is 0 Å². The predicted molar refractivity (Wildman–Crippen MR) is 116 cm³/mol. The predicted octanol–water partition coefficient (Wildman–Crippen LogP) is 2.85. The van der Waals surface area contributed by atoms with Gasteiger partial charge in [0, 0.05) is 31.1 Å². The normalized spacial score (nSPS) is 15.6. The number of guanidine groups is 1. The second kappa shape index (κ2) is 10.5. The minimum absolute atomic E-state index is 0.660. The van der Waals surface area contributed by atoms with E-state index in [-0.39, 0.29) is 0 Å². The van der Waals surface area contributed by atoms with Gasteiger partial charge in [-0.1, -0.05) is 24.3 Å². The maximum Gasteiger partial charge on any atom is 0.191 e. The van der Waals surface area contributed by atoms with Gasteiger partial charge in [0.15, 0.2) is 5.96 Å². The summed E-state index contributed by atoms with van der Waals surface area (Å²) >= 11 is 1.74. The first-order chi connectivity index (χ1) is 13.6. The first-order valence-corrected chi connectivity index (χ1v) is 10.8. The van der Waals surface area contributed by atoms with Gasteiger partial charge >= 0.3 is 0 Å². The Kier molecular flexibility index (Phi) is 7.82. The molecule has 0 unspecified atom stereocenters. The average molecular weight is 402 g/mol. The third kappa shape index (κ3) is 6.29. The van der Waals surface area contributed by atoms with E-state index in [1.807, 2.05) is 6.92 Å². The van der Waals surface area contributed by atoms with Crippen molar-refractivity contribution >= 4 is 17.3 Å². The Hall–Kier alpha value is -1.96. The summed E-state index contributed by atoms with van der Waals surface area (Å²) in [6.07, 6.45) is 0. The molecule has 6 nitrogen and oxygen atoms in total. The highest BCUT2D eigenvalue weighted by atomic mass is 32.1. The molecule has 2 N–H and O–H groups in total. The zero-order valence-electron chi connectivity index (χ0n) is 17.1. The van der Waals surface area contributed by atoms with Crippen LogP contribution in [0.4, 0.5) is 0 Å². The van der Waals surface area contributed by atoms with Crippen molar-refractivity contribution in [2.24, 2.45) is 4.99 Å². The number of nitrogens with one attached hydrogen (secondary N) is 2. The molecule has 1 aliphatic heterocycles. The average Bonchev–Trinajstić information content (AvgIpc) is 3.02. The fourth-order valence-corrected chi connectivity index (χ4v) is 4.13.